The molecule has 0 aliphatic carbocycles. The fourth-order valence-corrected chi connectivity index (χ4v) is 4.29. The van der Waals surface area contributed by atoms with Crippen LogP contribution < -0.4 is 24.4 Å². The number of hydrogen-bond donors (Lipinski definition) is 1. The molecule has 26 heavy (non-hydrogen) atoms. The Balaban J connectivity index is 1.57. The van der Waals surface area contributed by atoms with Crippen molar-refractivity contribution in [3.05, 3.63) is 46.4 Å². The van der Waals surface area contributed by atoms with Gasteiger partial charge in [-0.1, -0.05) is 15.9 Å². The molecule has 0 aromatic heterocycles. The average Bonchev–Trinajstić information content (AvgIpc) is 2.62. The van der Waals surface area contributed by atoms with Crippen molar-refractivity contribution in [3.63, 3.8) is 0 Å². The zero-order valence-electron chi connectivity index (χ0n) is 14.1. The summed E-state index contributed by atoms with van der Waals surface area (Å²) in [5.74, 6) is 2.13. The predicted octanol–water partition coefficient (Wildman–Crippen LogP) is 3.99. The summed E-state index contributed by atoms with van der Waals surface area (Å²) in [5.41, 5.74) is 0.928. The lowest BCUT2D eigenvalue weighted by Crippen LogP contribution is -2.65. The number of benzene rings is 2. The van der Waals surface area contributed by atoms with E-state index < -0.39 is 5.72 Å². The SMILES string of the molecule is C[C@@]12C[C@@H](NC(=O)N1c1ccc3c(c1)OCCO3)c1cc(Br)ccc1O2. The number of halogens is 1. The molecule has 3 aliphatic rings. The molecule has 6 nitrogen and oxygen atoms in total. The quantitative estimate of drug-likeness (QED) is 0.763. The van der Waals surface area contributed by atoms with Gasteiger partial charge in [-0.3, -0.25) is 4.90 Å². The summed E-state index contributed by atoms with van der Waals surface area (Å²) >= 11 is 3.49. The largest absolute Gasteiger partial charge is 0.486 e. The summed E-state index contributed by atoms with van der Waals surface area (Å²) in [6.45, 7) is 2.98. The van der Waals surface area contributed by atoms with Crippen LogP contribution in [0.1, 0.15) is 24.9 Å². The van der Waals surface area contributed by atoms with Gasteiger partial charge in [0.1, 0.15) is 19.0 Å². The van der Waals surface area contributed by atoms with Gasteiger partial charge in [-0.25, -0.2) is 4.79 Å². The number of nitrogens with zero attached hydrogens (tertiary/aromatic N) is 1. The number of hydrogen-bond acceptors (Lipinski definition) is 4. The highest BCUT2D eigenvalue weighted by molar-refractivity contribution is 9.10. The highest BCUT2D eigenvalue weighted by atomic mass is 79.9. The van der Waals surface area contributed by atoms with Crippen LogP contribution in [0.15, 0.2) is 40.9 Å². The molecule has 134 valence electrons. The molecule has 0 spiro atoms. The fourth-order valence-electron chi connectivity index (χ4n) is 3.91. The maximum atomic E-state index is 12.9. The van der Waals surface area contributed by atoms with Crippen LogP contribution in [0.3, 0.4) is 0 Å². The average molecular weight is 417 g/mol. The number of fused-ring (bicyclic) bond motifs is 5. The Morgan fingerprint density at radius 2 is 1.88 bits per heavy atom. The summed E-state index contributed by atoms with van der Waals surface area (Å²) in [4.78, 5) is 14.6. The number of nitrogens with one attached hydrogen (secondary N) is 1. The first-order valence-electron chi connectivity index (χ1n) is 8.52. The highest BCUT2D eigenvalue weighted by Gasteiger charge is 2.50. The van der Waals surface area contributed by atoms with Crippen molar-refractivity contribution in [2.45, 2.75) is 25.1 Å². The lowest BCUT2D eigenvalue weighted by atomic mass is 9.90. The first-order chi connectivity index (χ1) is 12.5. The van der Waals surface area contributed by atoms with Crippen LogP contribution >= 0.6 is 15.9 Å². The Hall–Kier alpha value is -2.41. The monoisotopic (exact) mass is 416 g/mol. The Labute approximate surface area is 159 Å². The molecule has 2 bridgehead atoms. The van der Waals surface area contributed by atoms with Crippen molar-refractivity contribution in [3.8, 4) is 17.2 Å². The van der Waals surface area contributed by atoms with Gasteiger partial charge in [-0.05, 0) is 37.3 Å². The van der Waals surface area contributed by atoms with Crippen molar-refractivity contribution in [2.75, 3.05) is 18.1 Å². The second-order valence-electron chi connectivity index (χ2n) is 6.83. The topological polar surface area (TPSA) is 60.0 Å². The minimum Gasteiger partial charge on any atom is -0.486 e. The molecule has 2 aromatic rings. The van der Waals surface area contributed by atoms with Crippen molar-refractivity contribution in [1.29, 1.82) is 0 Å². The van der Waals surface area contributed by atoms with Crippen LogP contribution in [-0.2, 0) is 0 Å². The van der Waals surface area contributed by atoms with Gasteiger partial charge in [0.15, 0.2) is 17.2 Å². The number of carbonyl (C=O) groups is 1. The van der Waals surface area contributed by atoms with E-state index in [0.29, 0.717) is 36.8 Å². The van der Waals surface area contributed by atoms with Crippen LogP contribution in [0.5, 0.6) is 17.2 Å². The third-order valence-electron chi connectivity index (χ3n) is 5.02. The molecule has 0 radical (unpaired) electrons. The van der Waals surface area contributed by atoms with Crippen LogP contribution in [0.4, 0.5) is 10.5 Å². The van der Waals surface area contributed by atoms with E-state index in [1.54, 1.807) is 4.90 Å². The summed E-state index contributed by atoms with van der Waals surface area (Å²) in [6, 6.07) is 11.1. The van der Waals surface area contributed by atoms with Crippen LogP contribution in [0.2, 0.25) is 0 Å². The molecule has 1 saturated heterocycles. The number of urea groups is 1. The van der Waals surface area contributed by atoms with Crippen molar-refractivity contribution < 1.29 is 19.0 Å². The molecule has 1 fully saturated rings. The second-order valence-corrected chi connectivity index (χ2v) is 7.74. The maximum absolute atomic E-state index is 12.9. The molecule has 5 rings (SSSR count). The molecule has 2 atom stereocenters. The third-order valence-corrected chi connectivity index (χ3v) is 5.51. The first kappa shape index (κ1) is 15.8. The smallest absolute Gasteiger partial charge is 0.325 e. The summed E-state index contributed by atoms with van der Waals surface area (Å²) in [7, 11) is 0. The van der Waals surface area contributed by atoms with Crippen molar-refractivity contribution in [1.82, 2.24) is 5.32 Å². The summed E-state index contributed by atoms with van der Waals surface area (Å²) in [5, 5.41) is 3.10. The Morgan fingerprint density at radius 3 is 2.73 bits per heavy atom. The highest BCUT2D eigenvalue weighted by Crippen LogP contribution is 2.47. The molecule has 3 aliphatic heterocycles. The van der Waals surface area contributed by atoms with Gasteiger partial charge in [0.05, 0.1) is 11.7 Å². The van der Waals surface area contributed by atoms with E-state index in [2.05, 4.69) is 21.2 Å². The summed E-state index contributed by atoms with van der Waals surface area (Å²) < 4.78 is 18.5. The van der Waals surface area contributed by atoms with E-state index in [4.69, 9.17) is 14.2 Å². The fraction of sp³-hybridized carbons (Fsp3) is 0.316. The van der Waals surface area contributed by atoms with E-state index in [0.717, 1.165) is 15.8 Å². The first-order valence-corrected chi connectivity index (χ1v) is 9.32. The second kappa shape index (κ2) is 5.54. The standard InChI is InChI=1S/C19H17BrN2O4/c1-19-10-14(13-8-11(20)2-4-15(13)26-19)21-18(23)22(19)12-3-5-16-17(9-12)25-7-6-24-16/h2-5,8-9,14H,6-7,10H2,1H3,(H,21,23)/t14-,19-/m1/s1. The molecular formula is C19H17BrN2O4. The predicted molar refractivity (Wildman–Crippen MR) is 99.0 cm³/mol. The van der Waals surface area contributed by atoms with Gasteiger partial charge in [0, 0.05) is 22.5 Å². The zero-order valence-corrected chi connectivity index (χ0v) is 15.7. The number of carbonyl (C=O) groups excluding carboxylic acids is 1. The van der Waals surface area contributed by atoms with Crippen molar-refractivity contribution >= 4 is 27.6 Å². The summed E-state index contributed by atoms with van der Waals surface area (Å²) in [6.07, 6.45) is 0.649. The van der Waals surface area contributed by atoms with Crippen LogP contribution in [0.25, 0.3) is 0 Å². The molecular weight excluding hydrogens is 400 g/mol. The van der Waals surface area contributed by atoms with Crippen molar-refractivity contribution in [2.24, 2.45) is 0 Å². The molecule has 0 saturated carbocycles. The van der Waals surface area contributed by atoms with Gasteiger partial charge < -0.3 is 19.5 Å². The molecule has 3 heterocycles. The molecule has 1 N–H and O–H groups in total. The van der Waals surface area contributed by atoms with E-state index in [1.807, 2.05) is 43.3 Å². The Morgan fingerprint density at radius 1 is 1.12 bits per heavy atom. The number of ether oxygens (including phenoxy) is 3. The Bertz CT molecular complexity index is 918. The van der Waals surface area contributed by atoms with Gasteiger partial charge in [-0.15, -0.1) is 0 Å². The third kappa shape index (κ3) is 2.34. The molecule has 7 heteroatoms. The molecule has 2 aromatic carbocycles. The van der Waals surface area contributed by atoms with E-state index in [9.17, 15) is 4.79 Å². The number of rotatable bonds is 1. The van der Waals surface area contributed by atoms with Gasteiger partial charge in [0.25, 0.3) is 0 Å². The van der Waals surface area contributed by atoms with Gasteiger partial charge in [-0.2, -0.15) is 0 Å². The van der Waals surface area contributed by atoms with Gasteiger partial charge >= 0.3 is 6.03 Å². The van der Waals surface area contributed by atoms with E-state index in [1.165, 1.54) is 0 Å². The number of amides is 2. The maximum Gasteiger partial charge on any atom is 0.325 e. The van der Waals surface area contributed by atoms with E-state index in [-0.39, 0.29) is 12.1 Å². The lowest BCUT2D eigenvalue weighted by Gasteiger charge is -2.50. The Kier molecular flexibility index (Phi) is 3.37. The number of anilines is 1. The zero-order chi connectivity index (χ0) is 17.9. The van der Waals surface area contributed by atoms with Gasteiger partial charge in [0.2, 0.25) is 0 Å². The van der Waals surface area contributed by atoms with Crippen LogP contribution in [-0.4, -0.2) is 25.0 Å². The van der Waals surface area contributed by atoms with Crippen LogP contribution in [0, 0.1) is 0 Å². The normalized spacial score (nSPS) is 25.8. The molecule has 0 unspecified atom stereocenters. The molecule has 2 amide bonds. The van der Waals surface area contributed by atoms with E-state index >= 15 is 0 Å². The minimum absolute atomic E-state index is 0.0813. The minimum atomic E-state index is -0.780. The lowest BCUT2D eigenvalue weighted by molar-refractivity contribution is 0.0377.